The lowest BCUT2D eigenvalue weighted by Gasteiger charge is -2.14. The second-order valence-electron chi connectivity index (χ2n) is 3.94. The molecule has 1 atom stereocenters. The molecule has 0 heterocycles. The number of carbonyl (C=O) groups excluding carboxylic acids is 1. The lowest BCUT2D eigenvalue weighted by molar-refractivity contribution is -0.114. The highest BCUT2D eigenvalue weighted by Crippen LogP contribution is 2.50. The van der Waals surface area contributed by atoms with Crippen molar-refractivity contribution in [2.75, 3.05) is 7.11 Å². The highest BCUT2D eigenvalue weighted by molar-refractivity contribution is 7.71. The summed E-state index contributed by atoms with van der Waals surface area (Å²) in [4.78, 5) is 11.8. The van der Waals surface area contributed by atoms with E-state index < -0.39 is 13.1 Å². The molecule has 0 aromatic heterocycles. The Balaban J connectivity index is 2.60. The molecule has 18 heavy (non-hydrogen) atoms. The van der Waals surface area contributed by atoms with E-state index in [1.165, 1.54) is 7.11 Å². The van der Waals surface area contributed by atoms with Gasteiger partial charge in [-0.1, -0.05) is 43.7 Å². The zero-order chi connectivity index (χ0) is 13.4. The first-order chi connectivity index (χ1) is 8.62. The summed E-state index contributed by atoms with van der Waals surface area (Å²) in [7, 11) is -2.38. The van der Waals surface area contributed by atoms with Gasteiger partial charge in [0.2, 0.25) is 5.52 Å². The Morgan fingerprint density at radius 1 is 1.28 bits per heavy atom. The quantitative estimate of drug-likeness (QED) is 0.675. The van der Waals surface area contributed by atoms with Crippen LogP contribution in [-0.2, 0) is 25.0 Å². The average molecular weight is 270 g/mol. The molecule has 0 saturated heterocycles. The monoisotopic (exact) mass is 270 g/mol. The van der Waals surface area contributed by atoms with Crippen LogP contribution in [0.15, 0.2) is 30.3 Å². The summed E-state index contributed by atoms with van der Waals surface area (Å²) in [6.45, 7) is 2.08. The third-order valence-electron chi connectivity index (χ3n) is 2.53. The van der Waals surface area contributed by atoms with Crippen LogP contribution in [-0.4, -0.2) is 12.6 Å². The summed E-state index contributed by atoms with van der Waals surface area (Å²) in [5.74, 6) is 0. The summed E-state index contributed by atoms with van der Waals surface area (Å²) in [6.07, 6.45) is 1.80. The van der Waals surface area contributed by atoms with Gasteiger partial charge in [0, 0.05) is 13.5 Å². The van der Waals surface area contributed by atoms with E-state index in [-0.39, 0.29) is 13.0 Å². The molecule has 0 spiro atoms. The molecule has 0 N–H and O–H groups in total. The Bertz CT molecular complexity index is 416. The molecule has 5 heteroatoms. The predicted molar refractivity (Wildman–Crippen MR) is 70.4 cm³/mol. The van der Waals surface area contributed by atoms with Crippen LogP contribution in [0.2, 0.25) is 0 Å². The van der Waals surface area contributed by atoms with Crippen LogP contribution in [0.1, 0.15) is 31.7 Å². The van der Waals surface area contributed by atoms with Crippen molar-refractivity contribution in [1.29, 1.82) is 0 Å². The molecule has 0 aliphatic carbocycles. The van der Waals surface area contributed by atoms with Crippen molar-refractivity contribution in [3.05, 3.63) is 35.9 Å². The number of benzene rings is 1. The third-order valence-corrected chi connectivity index (χ3v) is 4.32. The minimum Gasteiger partial charge on any atom is -0.307 e. The van der Waals surface area contributed by atoms with Crippen LogP contribution in [0.25, 0.3) is 0 Å². The zero-order valence-corrected chi connectivity index (χ0v) is 11.7. The fourth-order valence-electron chi connectivity index (χ4n) is 1.43. The normalized spacial score (nSPS) is 14.1. The van der Waals surface area contributed by atoms with Crippen LogP contribution < -0.4 is 0 Å². The fraction of sp³-hybridized carbons (Fsp3) is 0.462. The summed E-state index contributed by atoms with van der Waals surface area (Å²) in [6, 6.07) is 9.28. The molecule has 1 rings (SSSR count). The van der Waals surface area contributed by atoms with Crippen molar-refractivity contribution in [2.45, 2.75) is 32.8 Å². The van der Waals surface area contributed by atoms with Gasteiger partial charge in [0.15, 0.2) is 0 Å². The second kappa shape index (κ2) is 7.47. The van der Waals surface area contributed by atoms with Gasteiger partial charge in [-0.2, -0.15) is 0 Å². The minimum atomic E-state index is -3.63. The van der Waals surface area contributed by atoms with E-state index in [2.05, 4.69) is 0 Å². The highest BCUT2D eigenvalue weighted by atomic mass is 31.2. The number of hydrogen-bond acceptors (Lipinski definition) is 4. The minimum absolute atomic E-state index is 0.115. The van der Waals surface area contributed by atoms with Crippen LogP contribution >= 0.6 is 7.60 Å². The molecule has 0 saturated carbocycles. The number of carbonyl (C=O) groups is 1. The summed E-state index contributed by atoms with van der Waals surface area (Å²) >= 11 is 0. The number of unbranched alkanes of at least 4 members (excludes halogenated alkanes) is 1. The summed E-state index contributed by atoms with van der Waals surface area (Å²) < 4.78 is 22.2. The third kappa shape index (κ3) is 4.37. The van der Waals surface area contributed by atoms with Crippen molar-refractivity contribution < 1.29 is 18.4 Å². The molecule has 0 fully saturated rings. The van der Waals surface area contributed by atoms with Gasteiger partial charge in [-0.25, -0.2) is 0 Å². The molecule has 0 amide bonds. The van der Waals surface area contributed by atoms with E-state index in [9.17, 15) is 9.36 Å². The number of rotatable bonds is 8. The summed E-state index contributed by atoms with van der Waals surface area (Å²) in [5, 5.41) is 0. The standard InChI is InChI=1S/C13H19O4P/c1-3-4-10-13(14)18(15,16-2)17-11-12-8-6-5-7-9-12/h5-9H,3-4,10-11H2,1-2H3. The Morgan fingerprint density at radius 2 is 1.94 bits per heavy atom. The smallest absolute Gasteiger partial charge is 0.307 e. The van der Waals surface area contributed by atoms with Crippen LogP contribution in [0.4, 0.5) is 0 Å². The Morgan fingerprint density at radius 3 is 2.50 bits per heavy atom. The van der Waals surface area contributed by atoms with E-state index in [4.69, 9.17) is 9.05 Å². The first-order valence-corrected chi connectivity index (χ1v) is 7.54. The number of hydrogen-bond donors (Lipinski definition) is 0. The maximum absolute atomic E-state index is 12.2. The van der Waals surface area contributed by atoms with Gasteiger partial charge in [0.25, 0.3) is 0 Å². The molecule has 100 valence electrons. The predicted octanol–water partition coefficient (Wildman–Crippen LogP) is 3.76. The molecular formula is C13H19O4P. The first-order valence-electron chi connectivity index (χ1n) is 6.00. The van der Waals surface area contributed by atoms with Gasteiger partial charge >= 0.3 is 7.60 Å². The molecular weight excluding hydrogens is 251 g/mol. The molecule has 0 aliphatic rings. The SMILES string of the molecule is CCCCC(=O)P(=O)(OC)OCc1ccccc1. The van der Waals surface area contributed by atoms with Crippen molar-refractivity contribution >= 4 is 13.1 Å². The van der Waals surface area contributed by atoms with E-state index >= 15 is 0 Å². The first kappa shape index (κ1) is 15.1. The van der Waals surface area contributed by atoms with Crippen molar-refractivity contribution in [3.8, 4) is 0 Å². The topological polar surface area (TPSA) is 52.6 Å². The Labute approximate surface area is 108 Å². The lowest BCUT2D eigenvalue weighted by Crippen LogP contribution is -2.05. The molecule has 0 bridgehead atoms. The molecule has 1 aromatic rings. The maximum atomic E-state index is 12.2. The van der Waals surface area contributed by atoms with Gasteiger partial charge in [0.1, 0.15) is 0 Å². The molecule has 1 unspecified atom stereocenters. The lowest BCUT2D eigenvalue weighted by atomic mass is 10.2. The Hall–Kier alpha value is -0.960. The van der Waals surface area contributed by atoms with Gasteiger partial charge in [-0.3, -0.25) is 13.9 Å². The van der Waals surface area contributed by atoms with Crippen molar-refractivity contribution in [1.82, 2.24) is 0 Å². The van der Waals surface area contributed by atoms with Gasteiger partial charge in [-0.15, -0.1) is 0 Å². The van der Waals surface area contributed by atoms with Crippen molar-refractivity contribution in [3.63, 3.8) is 0 Å². The van der Waals surface area contributed by atoms with Crippen molar-refractivity contribution in [2.24, 2.45) is 0 Å². The van der Waals surface area contributed by atoms with Crippen LogP contribution in [0, 0.1) is 0 Å². The summed E-state index contributed by atoms with van der Waals surface area (Å²) in [5.41, 5.74) is 0.417. The van der Waals surface area contributed by atoms with Crippen LogP contribution in [0.3, 0.4) is 0 Å². The highest BCUT2D eigenvalue weighted by Gasteiger charge is 2.32. The van der Waals surface area contributed by atoms with Crippen LogP contribution in [0.5, 0.6) is 0 Å². The van der Waals surface area contributed by atoms with Gasteiger partial charge < -0.3 is 4.52 Å². The average Bonchev–Trinajstić information content (AvgIpc) is 2.43. The van der Waals surface area contributed by atoms with E-state index in [0.717, 1.165) is 12.0 Å². The van der Waals surface area contributed by atoms with E-state index in [0.29, 0.717) is 6.42 Å². The molecule has 0 aliphatic heterocycles. The maximum Gasteiger partial charge on any atom is 0.396 e. The fourth-order valence-corrected chi connectivity index (χ4v) is 2.63. The largest absolute Gasteiger partial charge is 0.396 e. The molecule has 4 nitrogen and oxygen atoms in total. The van der Waals surface area contributed by atoms with Gasteiger partial charge in [-0.05, 0) is 12.0 Å². The van der Waals surface area contributed by atoms with E-state index in [1.54, 1.807) is 0 Å². The Kier molecular flexibility index (Phi) is 6.27. The van der Waals surface area contributed by atoms with Gasteiger partial charge in [0.05, 0.1) is 6.61 Å². The second-order valence-corrected chi connectivity index (χ2v) is 6.05. The molecule has 0 radical (unpaired) electrons. The molecule has 1 aromatic carbocycles. The zero-order valence-electron chi connectivity index (χ0n) is 10.8. The van der Waals surface area contributed by atoms with E-state index in [1.807, 2.05) is 37.3 Å².